The van der Waals surface area contributed by atoms with E-state index >= 15 is 0 Å². The van der Waals surface area contributed by atoms with Gasteiger partial charge in [0.25, 0.3) is 0 Å². The molecule has 0 spiro atoms. The van der Waals surface area contributed by atoms with Gasteiger partial charge in [-0.25, -0.2) is 0 Å². The molecule has 0 aromatic heterocycles. The summed E-state index contributed by atoms with van der Waals surface area (Å²) in [5.41, 5.74) is 2.40. The van der Waals surface area contributed by atoms with Crippen LogP contribution in [0.4, 0.5) is 0 Å². The van der Waals surface area contributed by atoms with Crippen LogP contribution in [-0.4, -0.2) is 23.8 Å². The topological polar surface area (TPSA) is 63.6 Å². The molecule has 0 radical (unpaired) electrons. The van der Waals surface area contributed by atoms with Gasteiger partial charge in [-0.05, 0) is 51.9 Å². The normalized spacial score (nSPS) is 13.3. The number of hydrogen-bond donors (Lipinski definition) is 1. The molecule has 0 saturated heterocycles. The smallest absolute Gasteiger partial charge is 0.200 e. The number of benzene rings is 2. The van der Waals surface area contributed by atoms with Crippen LogP contribution in [-0.2, 0) is 0 Å². The molecular formula is C19H12ClIO4. The van der Waals surface area contributed by atoms with Gasteiger partial charge in [-0.1, -0.05) is 30.3 Å². The van der Waals surface area contributed by atoms with Crippen molar-refractivity contribution in [2.24, 2.45) is 0 Å². The first-order valence-electron chi connectivity index (χ1n) is 7.21. The van der Waals surface area contributed by atoms with Gasteiger partial charge < -0.3 is 9.84 Å². The number of carbonyl (C=O) groups excluding carboxylic acids is 2. The van der Waals surface area contributed by atoms with Gasteiger partial charge in [0.1, 0.15) is 0 Å². The summed E-state index contributed by atoms with van der Waals surface area (Å²) in [6.07, 6.45) is 2.93. The molecule has 0 saturated carbocycles. The van der Waals surface area contributed by atoms with E-state index in [1.165, 1.54) is 19.3 Å². The fourth-order valence-corrected chi connectivity index (χ4v) is 3.56. The fraction of sp³-hybridized carbons (Fsp3) is 0.0526. The molecule has 0 bridgehead atoms. The molecule has 25 heavy (non-hydrogen) atoms. The van der Waals surface area contributed by atoms with Crippen molar-refractivity contribution in [1.29, 1.82) is 0 Å². The average Bonchev–Trinajstić information content (AvgIpc) is 2.60. The molecule has 4 nitrogen and oxygen atoms in total. The molecular weight excluding hydrogens is 455 g/mol. The fourth-order valence-electron chi connectivity index (χ4n) is 2.79. The highest BCUT2D eigenvalue weighted by Gasteiger charge is 2.29. The number of methoxy groups -OCH3 is 1. The summed E-state index contributed by atoms with van der Waals surface area (Å²) in [6.45, 7) is 3.79. The average molecular weight is 467 g/mol. The Morgan fingerprint density at radius 1 is 1.24 bits per heavy atom. The number of hydrogen-bond acceptors (Lipinski definition) is 4. The van der Waals surface area contributed by atoms with E-state index in [2.05, 4.69) is 6.58 Å². The summed E-state index contributed by atoms with van der Waals surface area (Å²) in [6, 6.07) is 6.46. The summed E-state index contributed by atoms with van der Waals surface area (Å²) in [4.78, 5) is 25.1. The first-order valence-corrected chi connectivity index (χ1v) is 8.67. The van der Waals surface area contributed by atoms with Crippen LogP contribution >= 0.6 is 34.2 Å². The second kappa shape index (κ2) is 6.65. The van der Waals surface area contributed by atoms with Gasteiger partial charge in [0.2, 0.25) is 5.78 Å². The maximum absolute atomic E-state index is 12.8. The second-order valence-corrected chi connectivity index (χ2v) is 6.92. The van der Waals surface area contributed by atoms with Gasteiger partial charge in [-0.2, -0.15) is 0 Å². The van der Waals surface area contributed by atoms with E-state index in [0.29, 0.717) is 31.4 Å². The molecule has 0 amide bonds. The first-order chi connectivity index (χ1) is 11.9. The monoisotopic (exact) mass is 466 g/mol. The van der Waals surface area contributed by atoms with Crippen LogP contribution in [0.15, 0.2) is 40.5 Å². The Morgan fingerprint density at radius 2 is 1.96 bits per heavy atom. The Balaban J connectivity index is 2.40. The lowest BCUT2D eigenvalue weighted by Gasteiger charge is -2.19. The molecule has 0 atom stereocenters. The first kappa shape index (κ1) is 17.7. The van der Waals surface area contributed by atoms with Crippen LogP contribution in [0.25, 0.3) is 17.2 Å². The number of Topliss-reactive ketones (excluding diaryl/α,β-unsaturated/α-hetero) is 1. The Hall–Kier alpha value is -2.12. The van der Waals surface area contributed by atoms with Crippen molar-refractivity contribution in [2.75, 3.05) is 7.11 Å². The van der Waals surface area contributed by atoms with Crippen LogP contribution in [0.1, 0.15) is 26.3 Å². The minimum atomic E-state index is -0.239. The van der Waals surface area contributed by atoms with Gasteiger partial charge in [-0.3, -0.25) is 9.59 Å². The van der Waals surface area contributed by atoms with Crippen LogP contribution < -0.4 is 4.74 Å². The number of rotatable bonds is 3. The Kier molecular flexibility index (Phi) is 4.71. The number of allylic oxidation sites excluding steroid dienone is 2. The van der Waals surface area contributed by atoms with E-state index in [1.807, 2.05) is 22.6 Å². The van der Waals surface area contributed by atoms with Gasteiger partial charge in [0.15, 0.2) is 17.3 Å². The zero-order valence-electron chi connectivity index (χ0n) is 13.1. The standard InChI is InChI=1S/C19H12ClIO4/c1-3-9-4-5-11-14(22)8-13(21)19(24)17(11)16(9)10-6-12(20)18(23)15(7-10)25-2/h3-8,23H,1H2,2H3. The third-order valence-corrected chi connectivity index (χ3v) is 5.05. The van der Waals surface area contributed by atoms with Crippen molar-refractivity contribution in [2.45, 2.75) is 0 Å². The largest absolute Gasteiger partial charge is 0.503 e. The Labute approximate surface area is 162 Å². The molecule has 2 aromatic rings. The molecule has 0 heterocycles. The van der Waals surface area contributed by atoms with E-state index in [9.17, 15) is 14.7 Å². The summed E-state index contributed by atoms with van der Waals surface area (Å²) >= 11 is 7.95. The summed E-state index contributed by atoms with van der Waals surface area (Å²) in [5, 5.41) is 10.0. The summed E-state index contributed by atoms with van der Waals surface area (Å²) in [7, 11) is 1.41. The van der Waals surface area contributed by atoms with Crippen molar-refractivity contribution in [3.8, 4) is 22.6 Å². The number of phenols is 1. The third kappa shape index (κ3) is 2.87. The molecule has 1 N–H and O–H groups in total. The minimum absolute atomic E-state index is 0.0850. The van der Waals surface area contributed by atoms with E-state index in [1.54, 1.807) is 24.3 Å². The predicted octanol–water partition coefficient (Wildman–Crippen LogP) is 5.06. The molecule has 126 valence electrons. The Morgan fingerprint density at radius 3 is 2.60 bits per heavy atom. The minimum Gasteiger partial charge on any atom is -0.503 e. The molecule has 6 heteroatoms. The highest BCUT2D eigenvalue weighted by atomic mass is 127. The maximum atomic E-state index is 12.8. The second-order valence-electron chi connectivity index (χ2n) is 5.35. The highest BCUT2D eigenvalue weighted by molar-refractivity contribution is 14.1. The van der Waals surface area contributed by atoms with Crippen LogP contribution in [0.2, 0.25) is 5.02 Å². The Bertz CT molecular complexity index is 976. The van der Waals surface area contributed by atoms with Gasteiger partial charge >= 0.3 is 0 Å². The third-order valence-electron chi connectivity index (χ3n) is 3.96. The summed E-state index contributed by atoms with van der Waals surface area (Å²) in [5.74, 6) is -0.477. The number of ketones is 2. The lowest BCUT2D eigenvalue weighted by molar-refractivity contribution is 0.0993. The number of halogens is 2. The van der Waals surface area contributed by atoms with E-state index in [4.69, 9.17) is 16.3 Å². The number of phenolic OH excluding ortho intramolecular Hbond substituents is 1. The predicted molar refractivity (Wildman–Crippen MR) is 106 cm³/mol. The number of fused-ring (bicyclic) bond motifs is 1. The van der Waals surface area contributed by atoms with Crippen molar-refractivity contribution in [3.63, 3.8) is 0 Å². The zero-order chi connectivity index (χ0) is 18.3. The molecule has 1 aliphatic carbocycles. The molecule has 1 aliphatic rings. The van der Waals surface area contributed by atoms with Crippen molar-refractivity contribution < 1.29 is 19.4 Å². The maximum Gasteiger partial charge on any atom is 0.200 e. The van der Waals surface area contributed by atoms with E-state index in [0.717, 1.165) is 0 Å². The summed E-state index contributed by atoms with van der Waals surface area (Å²) < 4.78 is 5.49. The van der Waals surface area contributed by atoms with Gasteiger partial charge in [-0.15, -0.1) is 0 Å². The molecule has 0 fully saturated rings. The van der Waals surface area contributed by atoms with Gasteiger partial charge in [0.05, 0.1) is 15.7 Å². The lowest BCUT2D eigenvalue weighted by atomic mass is 9.84. The van der Waals surface area contributed by atoms with E-state index in [-0.39, 0.29) is 28.1 Å². The van der Waals surface area contributed by atoms with Crippen molar-refractivity contribution in [1.82, 2.24) is 0 Å². The zero-order valence-corrected chi connectivity index (χ0v) is 16.0. The van der Waals surface area contributed by atoms with Gasteiger partial charge in [0, 0.05) is 22.8 Å². The lowest BCUT2D eigenvalue weighted by Crippen LogP contribution is -2.16. The molecule has 0 unspecified atom stereocenters. The van der Waals surface area contributed by atoms with Crippen LogP contribution in [0, 0.1) is 0 Å². The molecule has 0 aliphatic heterocycles. The number of ether oxygens (including phenoxy) is 1. The van der Waals surface area contributed by atoms with Crippen molar-refractivity contribution in [3.05, 3.63) is 62.2 Å². The molecule has 2 aromatic carbocycles. The number of aromatic hydroxyl groups is 1. The van der Waals surface area contributed by atoms with E-state index < -0.39 is 0 Å². The SMILES string of the molecule is C=Cc1ccc2c(c1-c1cc(Cl)c(O)c(OC)c1)C(=O)C(I)=CC2=O. The molecule has 3 rings (SSSR count). The quantitative estimate of drug-likeness (QED) is 0.642. The van der Waals surface area contributed by atoms with Crippen molar-refractivity contribution >= 4 is 51.8 Å². The van der Waals surface area contributed by atoms with Crippen LogP contribution in [0.3, 0.4) is 0 Å². The highest BCUT2D eigenvalue weighted by Crippen LogP contribution is 2.42. The number of carbonyl (C=O) groups is 2. The van der Waals surface area contributed by atoms with Crippen LogP contribution in [0.5, 0.6) is 11.5 Å².